The van der Waals surface area contributed by atoms with E-state index in [0.717, 1.165) is 42.7 Å². The number of benzene rings is 3. The summed E-state index contributed by atoms with van der Waals surface area (Å²) in [6.07, 6.45) is 18.4. The van der Waals surface area contributed by atoms with Gasteiger partial charge in [-0.1, -0.05) is 187 Å². The minimum Gasteiger partial charge on any atom is -0.394 e. The van der Waals surface area contributed by atoms with Crippen molar-refractivity contribution in [2.75, 3.05) is 43.7 Å². The number of hydrogen-bond donors (Lipinski definition) is 4. The highest BCUT2D eigenvalue weighted by atomic mass is 79.9. The zero-order valence-corrected chi connectivity index (χ0v) is 38.2. The topological polar surface area (TPSA) is 117 Å². The van der Waals surface area contributed by atoms with Crippen LogP contribution in [0.4, 0.5) is 0 Å². The molecule has 3 rings (SSSR count). The van der Waals surface area contributed by atoms with Crippen LogP contribution in [-0.4, -0.2) is 48.8 Å². The highest BCUT2D eigenvalue weighted by Crippen LogP contribution is 2.13. The van der Waals surface area contributed by atoms with Crippen LogP contribution >= 0.6 is 72.3 Å². The lowest BCUT2D eigenvalue weighted by Crippen LogP contribution is -2.17. The molecular weight excluding hydrogens is 850 g/mol. The average molecular weight is 924 g/mol. The largest absolute Gasteiger partial charge is 0.394 e. The summed E-state index contributed by atoms with van der Waals surface area (Å²) >= 11 is 6.90. The van der Waals surface area contributed by atoms with E-state index in [2.05, 4.69) is 31.9 Å². The second-order valence-corrected chi connectivity index (χ2v) is 14.3. The van der Waals surface area contributed by atoms with Crippen LogP contribution in [0, 0.1) is 0 Å². The number of aliphatic hydroxyl groups excluding tert-OH is 1. The van der Waals surface area contributed by atoms with E-state index < -0.39 is 0 Å². The summed E-state index contributed by atoms with van der Waals surface area (Å²) in [6, 6.07) is 29.5. The summed E-state index contributed by atoms with van der Waals surface area (Å²) < 4.78 is 11.4. The van der Waals surface area contributed by atoms with Crippen molar-refractivity contribution in [2.24, 2.45) is 17.2 Å². The summed E-state index contributed by atoms with van der Waals surface area (Å²) in [4.78, 5) is 0. The monoisotopic (exact) mass is 921 g/mol. The fourth-order valence-corrected chi connectivity index (χ4v) is 5.98. The standard InChI is InChI=1S/C24H36N2O2.C10H20Br2.C8H11NO.3H2S/c25-23(21-13-7-5-8-14-21)19-27-17-11-3-1-2-4-12-18-28-20-24(26)22-15-9-6-10-16-22;11-9-7-5-3-1-2-4-6-8-10-12;9-8(6-10)7-4-2-1-3-5-7;;;/h5-10,13-16,23-24H,1-4,11-12,17-20,25-26H2;1-10H2;1-5,8,10H,6,9H2;3*1H2/t23-,24-;;8-;;;/m1.1.../s1. The van der Waals surface area contributed by atoms with E-state index in [4.69, 9.17) is 31.8 Å². The average Bonchev–Trinajstić information content (AvgIpc) is 3.17. The fraction of sp³-hybridized carbons (Fsp3) is 0.571. The molecule has 0 radical (unpaired) electrons. The van der Waals surface area contributed by atoms with Crippen molar-refractivity contribution in [1.29, 1.82) is 0 Å². The maximum absolute atomic E-state index is 8.66. The molecule has 0 aliphatic rings. The molecule has 0 heterocycles. The van der Waals surface area contributed by atoms with Gasteiger partial charge >= 0.3 is 0 Å². The smallest absolute Gasteiger partial charge is 0.0659 e. The van der Waals surface area contributed by atoms with Crippen molar-refractivity contribution in [3.63, 3.8) is 0 Å². The lowest BCUT2D eigenvalue weighted by Gasteiger charge is -2.12. The Bertz CT molecular complexity index is 1050. The lowest BCUT2D eigenvalue weighted by atomic mass is 10.1. The Morgan fingerprint density at radius 1 is 0.415 bits per heavy atom. The highest BCUT2D eigenvalue weighted by Gasteiger charge is 2.06. The minimum atomic E-state index is -0.235. The predicted octanol–water partition coefficient (Wildman–Crippen LogP) is 10.7. The third kappa shape index (κ3) is 33.3. The van der Waals surface area contributed by atoms with E-state index in [1.807, 2.05) is 91.0 Å². The molecule has 0 aliphatic carbocycles. The summed E-state index contributed by atoms with van der Waals surface area (Å²) in [5.41, 5.74) is 21.0. The van der Waals surface area contributed by atoms with E-state index in [1.165, 1.54) is 87.7 Å². The first kappa shape index (κ1) is 56.8. The number of aliphatic hydroxyl groups is 1. The molecule has 0 spiro atoms. The van der Waals surface area contributed by atoms with Gasteiger partial charge in [0, 0.05) is 23.9 Å². The number of alkyl halides is 2. The van der Waals surface area contributed by atoms with Crippen molar-refractivity contribution in [3.05, 3.63) is 108 Å². The van der Waals surface area contributed by atoms with E-state index in [1.54, 1.807) is 0 Å². The molecular formula is C42H73Br2N3O3S3. The van der Waals surface area contributed by atoms with Gasteiger partial charge in [0.25, 0.3) is 0 Å². The maximum Gasteiger partial charge on any atom is 0.0659 e. The SMILES string of the molecule is BrCCCCCCCCCCBr.N[C@H](CO)c1ccccc1.N[C@H](COCCCCCCCCOC[C@@H](N)c1ccccc1)c1ccccc1.S.S.S. The number of ether oxygens (including phenoxy) is 2. The Hall–Kier alpha value is -0.570. The molecule has 11 heteroatoms. The molecule has 0 bridgehead atoms. The van der Waals surface area contributed by atoms with Gasteiger partial charge in [0.2, 0.25) is 0 Å². The molecule has 0 aliphatic heterocycles. The molecule has 3 aromatic carbocycles. The van der Waals surface area contributed by atoms with E-state index in [0.29, 0.717) is 13.2 Å². The fourth-order valence-electron chi connectivity index (χ4n) is 5.18. The maximum atomic E-state index is 8.66. The zero-order valence-electron chi connectivity index (χ0n) is 32.0. The van der Waals surface area contributed by atoms with Crippen molar-refractivity contribution in [3.8, 4) is 0 Å². The first-order valence-corrected chi connectivity index (χ1v) is 21.1. The molecule has 53 heavy (non-hydrogen) atoms. The van der Waals surface area contributed by atoms with Gasteiger partial charge in [0.15, 0.2) is 0 Å². The van der Waals surface area contributed by atoms with E-state index in [9.17, 15) is 0 Å². The molecule has 3 atom stereocenters. The Kier molecular flexibility index (Phi) is 45.6. The first-order valence-electron chi connectivity index (χ1n) is 18.8. The van der Waals surface area contributed by atoms with Crippen LogP contribution in [0.15, 0.2) is 91.0 Å². The normalized spacial score (nSPS) is 11.9. The zero-order chi connectivity index (χ0) is 36.3. The van der Waals surface area contributed by atoms with Gasteiger partial charge in [-0.3, -0.25) is 0 Å². The van der Waals surface area contributed by atoms with Crippen molar-refractivity contribution >= 4 is 72.3 Å². The van der Waals surface area contributed by atoms with Gasteiger partial charge in [0.05, 0.1) is 37.9 Å². The number of unbranched alkanes of at least 4 members (excludes halogenated alkanes) is 12. The summed E-state index contributed by atoms with van der Waals surface area (Å²) in [5.74, 6) is 0. The molecule has 0 fully saturated rings. The van der Waals surface area contributed by atoms with Crippen molar-refractivity contribution in [2.45, 2.75) is 108 Å². The number of hydrogen-bond acceptors (Lipinski definition) is 6. The third-order valence-corrected chi connectivity index (χ3v) is 9.44. The van der Waals surface area contributed by atoms with Gasteiger partial charge in [-0.25, -0.2) is 0 Å². The summed E-state index contributed by atoms with van der Waals surface area (Å²) in [7, 11) is 0. The lowest BCUT2D eigenvalue weighted by molar-refractivity contribution is 0.114. The minimum absolute atomic E-state index is 0. The second-order valence-electron chi connectivity index (χ2n) is 12.7. The van der Waals surface area contributed by atoms with Crippen LogP contribution in [0.2, 0.25) is 0 Å². The molecule has 0 saturated heterocycles. The van der Waals surface area contributed by atoms with Gasteiger partial charge in [-0.2, -0.15) is 40.5 Å². The van der Waals surface area contributed by atoms with Crippen LogP contribution in [0.5, 0.6) is 0 Å². The summed E-state index contributed by atoms with van der Waals surface area (Å²) in [5, 5.41) is 11.0. The second kappa shape index (κ2) is 42.6. The first-order chi connectivity index (χ1) is 24.5. The van der Waals surface area contributed by atoms with E-state index >= 15 is 0 Å². The quantitative estimate of drug-likeness (QED) is 0.0471. The van der Waals surface area contributed by atoms with Crippen LogP contribution in [0.3, 0.4) is 0 Å². The third-order valence-electron chi connectivity index (χ3n) is 8.32. The molecule has 306 valence electrons. The van der Waals surface area contributed by atoms with Crippen LogP contribution < -0.4 is 17.2 Å². The molecule has 0 unspecified atom stereocenters. The Morgan fingerprint density at radius 3 is 0.962 bits per heavy atom. The summed E-state index contributed by atoms with van der Waals surface area (Å²) in [6.45, 7) is 2.77. The molecule has 0 aromatic heterocycles. The van der Waals surface area contributed by atoms with Crippen LogP contribution in [0.25, 0.3) is 0 Å². The van der Waals surface area contributed by atoms with Gasteiger partial charge in [-0.05, 0) is 42.4 Å². The van der Waals surface area contributed by atoms with Crippen molar-refractivity contribution in [1.82, 2.24) is 0 Å². The Balaban J connectivity index is -0.000000830. The molecule has 7 N–H and O–H groups in total. The Labute approximate surface area is 361 Å². The molecule has 0 amide bonds. The molecule has 0 saturated carbocycles. The van der Waals surface area contributed by atoms with Crippen molar-refractivity contribution < 1.29 is 14.6 Å². The number of halogens is 2. The van der Waals surface area contributed by atoms with E-state index in [-0.39, 0.29) is 65.2 Å². The van der Waals surface area contributed by atoms with Gasteiger partial charge < -0.3 is 31.8 Å². The van der Waals surface area contributed by atoms with Crippen LogP contribution in [0.1, 0.15) is 125 Å². The number of nitrogens with two attached hydrogens (primary N) is 3. The van der Waals surface area contributed by atoms with Gasteiger partial charge in [0.1, 0.15) is 0 Å². The van der Waals surface area contributed by atoms with Gasteiger partial charge in [-0.15, -0.1) is 0 Å². The predicted molar refractivity (Wildman–Crippen MR) is 252 cm³/mol. The molecule has 6 nitrogen and oxygen atoms in total. The Morgan fingerprint density at radius 2 is 0.679 bits per heavy atom. The highest BCUT2D eigenvalue weighted by molar-refractivity contribution is 9.09. The van der Waals surface area contributed by atoms with Crippen LogP contribution in [-0.2, 0) is 9.47 Å². The molecule has 3 aromatic rings. The number of rotatable bonds is 26.